The monoisotopic (exact) mass is 436 g/mol. The average molecular weight is 437 g/mol. The number of methoxy groups -OCH3 is 2. The van der Waals surface area contributed by atoms with Gasteiger partial charge in [0.2, 0.25) is 0 Å². The number of anilines is 1. The molecule has 1 heterocycles. The van der Waals surface area contributed by atoms with Crippen LogP contribution in [-0.4, -0.2) is 25.1 Å². The highest BCUT2D eigenvalue weighted by molar-refractivity contribution is 6.32. The lowest BCUT2D eigenvalue weighted by Gasteiger charge is -2.15. The summed E-state index contributed by atoms with van der Waals surface area (Å²) < 4.78 is 50.3. The third kappa shape index (κ3) is 4.49. The van der Waals surface area contributed by atoms with Crippen molar-refractivity contribution in [3.63, 3.8) is 0 Å². The molecular weight excluding hydrogens is 421 g/mol. The van der Waals surface area contributed by atoms with Crippen LogP contribution in [0.25, 0.3) is 11.3 Å². The standard InChI is InChI=1S/C21H16ClF3N2O3/c1-29-17-8-6-13(11-16(17)22)27-20(28)12-5-7-14(18(10-12)30-2)19-15(21(23,24)25)4-3-9-26-19/h3-11H,1-2H3,(H,27,28). The van der Waals surface area contributed by atoms with Crippen LogP contribution in [0, 0.1) is 0 Å². The normalized spacial score (nSPS) is 11.1. The number of aromatic nitrogens is 1. The van der Waals surface area contributed by atoms with Gasteiger partial charge in [-0.2, -0.15) is 13.2 Å². The zero-order chi connectivity index (χ0) is 21.9. The van der Waals surface area contributed by atoms with E-state index in [0.717, 1.165) is 6.07 Å². The van der Waals surface area contributed by atoms with E-state index >= 15 is 0 Å². The lowest BCUT2D eigenvalue weighted by molar-refractivity contribution is -0.137. The number of nitrogens with zero attached hydrogens (tertiary/aromatic N) is 1. The van der Waals surface area contributed by atoms with E-state index < -0.39 is 17.6 Å². The summed E-state index contributed by atoms with van der Waals surface area (Å²) in [6, 6.07) is 11.0. The summed E-state index contributed by atoms with van der Waals surface area (Å²) in [4.78, 5) is 16.5. The van der Waals surface area contributed by atoms with Gasteiger partial charge < -0.3 is 14.8 Å². The molecule has 3 aromatic rings. The molecule has 156 valence electrons. The van der Waals surface area contributed by atoms with Crippen LogP contribution >= 0.6 is 11.6 Å². The predicted octanol–water partition coefficient (Wildman–Crippen LogP) is 5.69. The van der Waals surface area contributed by atoms with Gasteiger partial charge in [-0.3, -0.25) is 9.78 Å². The van der Waals surface area contributed by atoms with Crippen molar-refractivity contribution in [2.45, 2.75) is 6.18 Å². The van der Waals surface area contributed by atoms with Gasteiger partial charge in [0.1, 0.15) is 11.5 Å². The van der Waals surface area contributed by atoms with E-state index in [0.29, 0.717) is 16.5 Å². The molecule has 30 heavy (non-hydrogen) atoms. The summed E-state index contributed by atoms with van der Waals surface area (Å²) >= 11 is 6.05. The Labute approximate surface area is 175 Å². The van der Waals surface area contributed by atoms with Gasteiger partial charge in [0.25, 0.3) is 5.91 Å². The van der Waals surface area contributed by atoms with Crippen LogP contribution in [0.15, 0.2) is 54.7 Å². The summed E-state index contributed by atoms with van der Waals surface area (Å²) in [5, 5.41) is 2.98. The Kier molecular flexibility index (Phi) is 6.17. The molecule has 0 atom stereocenters. The number of rotatable bonds is 5. The lowest BCUT2D eigenvalue weighted by atomic mass is 10.0. The van der Waals surface area contributed by atoms with Crippen LogP contribution in [0.1, 0.15) is 15.9 Å². The highest BCUT2D eigenvalue weighted by Crippen LogP contribution is 2.39. The van der Waals surface area contributed by atoms with Crippen molar-refractivity contribution in [1.82, 2.24) is 4.98 Å². The zero-order valence-corrected chi connectivity index (χ0v) is 16.6. The van der Waals surface area contributed by atoms with Gasteiger partial charge in [-0.15, -0.1) is 0 Å². The second kappa shape index (κ2) is 8.62. The van der Waals surface area contributed by atoms with Crippen molar-refractivity contribution in [2.75, 3.05) is 19.5 Å². The maximum Gasteiger partial charge on any atom is 0.418 e. The molecular formula is C21H16ClF3N2O3. The number of nitrogens with one attached hydrogen (secondary N) is 1. The van der Waals surface area contributed by atoms with Crippen LogP contribution in [0.5, 0.6) is 11.5 Å². The molecule has 0 fully saturated rings. The van der Waals surface area contributed by atoms with E-state index in [1.807, 2.05) is 0 Å². The Morgan fingerprint density at radius 2 is 1.77 bits per heavy atom. The van der Waals surface area contributed by atoms with Crippen molar-refractivity contribution in [3.8, 4) is 22.8 Å². The Morgan fingerprint density at radius 1 is 1.03 bits per heavy atom. The summed E-state index contributed by atoms with van der Waals surface area (Å²) in [6.45, 7) is 0. The molecule has 0 aliphatic heterocycles. The molecule has 3 rings (SSSR count). The van der Waals surface area contributed by atoms with E-state index in [1.165, 1.54) is 50.7 Å². The number of hydrogen-bond donors (Lipinski definition) is 1. The molecule has 0 aliphatic rings. The first-order valence-corrected chi connectivity index (χ1v) is 8.98. The minimum atomic E-state index is -4.59. The minimum Gasteiger partial charge on any atom is -0.496 e. The number of carbonyl (C=O) groups is 1. The molecule has 0 saturated heterocycles. The van der Waals surface area contributed by atoms with Crippen LogP contribution in [-0.2, 0) is 6.18 Å². The number of pyridine rings is 1. The molecule has 0 aliphatic carbocycles. The number of halogens is 4. The lowest BCUT2D eigenvalue weighted by Crippen LogP contribution is -2.12. The van der Waals surface area contributed by atoms with Crippen LogP contribution < -0.4 is 14.8 Å². The molecule has 2 aromatic carbocycles. The summed E-state index contributed by atoms with van der Waals surface area (Å²) in [5.74, 6) is 0.0503. The molecule has 1 aromatic heterocycles. The van der Waals surface area contributed by atoms with Gasteiger partial charge in [-0.05, 0) is 48.5 Å². The number of ether oxygens (including phenoxy) is 2. The summed E-state index contributed by atoms with van der Waals surface area (Å²) in [5.41, 5.74) is -0.441. The van der Waals surface area contributed by atoms with Crippen molar-refractivity contribution in [2.24, 2.45) is 0 Å². The smallest absolute Gasteiger partial charge is 0.418 e. The van der Waals surface area contributed by atoms with Gasteiger partial charge in [0.15, 0.2) is 0 Å². The fourth-order valence-corrected chi connectivity index (χ4v) is 3.08. The Balaban J connectivity index is 1.93. The second-order valence-electron chi connectivity index (χ2n) is 6.12. The first-order valence-electron chi connectivity index (χ1n) is 8.60. The number of alkyl halides is 3. The molecule has 0 radical (unpaired) electrons. The minimum absolute atomic E-state index is 0.0830. The molecule has 5 nitrogen and oxygen atoms in total. The topological polar surface area (TPSA) is 60.5 Å². The van der Waals surface area contributed by atoms with Gasteiger partial charge in [-0.25, -0.2) is 0 Å². The number of benzene rings is 2. The molecule has 1 N–H and O–H groups in total. The fraction of sp³-hybridized carbons (Fsp3) is 0.143. The van der Waals surface area contributed by atoms with Gasteiger partial charge in [-0.1, -0.05) is 11.6 Å². The average Bonchev–Trinajstić information content (AvgIpc) is 2.72. The SMILES string of the molecule is COc1ccc(NC(=O)c2ccc(-c3ncccc3C(F)(F)F)c(OC)c2)cc1Cl. The summed E-state index contributed by atoms with van der Waals surface area (Å²) in [6.07, 6.45) is -3.32. The number of hydrogen-bond acceptors (Lipinski definition) is 4. The maximum absolute atomic E-state index is 13.3. The van der Waals surface area contributed by atoms with Crippen LogP contribution in [0.4, 0.5) is 18.9 Å². The Hall–Kier alpha value is -3.26. The van der Waals surface area contributed by atoms with E-state index in [1.54, 1.807) is 12.1 Å². The third-order valence-electron chi connectivity index (χ3n) is 4.24. The third-order valence-corrected chi connectivity index (χ3v) is 4.54. The highest BCUT2D eigenvalue weighted by atomic mass is 35.5. The molecule has 0 saturated carbocycles. The zero-order valence-electron chi connectivity index (χ0n) is 15.9. The molecule has 0 bridgehead atoms. The number of carbonyl (C=O) groups excluding carboxylic acids is 1. The first-order chi connectivity index (χ1) is 14.2. The van der Waals surface area contributed by atoms with Crippen molar-refractivity contribution in [3.05, 3.63) is 70.9 Å². The van der Waals surface area contributed by atoms with Crippen molar-refractivity contribution < 1.29 is 27.4 Å². The quantitative estimate of drug-likeness (QED) is 0.558. The molecule has 9 heteroatoms. The van der Waals surface area contributed by atoms with Crippen LogP contribution in [0.3, 0.4) is 0 Å². The Bertz CT molecular complexity index is 1090. The molecule has 0 spiro atoms. The largest absolute Gasteiger partial charge is 0.496 e. The van der Waals surface area contributed by atoms with E-state index in [-0.39, 0.29) is 22.6 Å². The van der Waals surface area contributed by atoms with Crippen LogP contribution in [0.2, 0.25) is 5.02 Å². The predicted molar refractivity (Wildman–Crippen MR) is 107 cm³/mol. The summed E-state index contributed by atoms with van der Waals surface area (Å²) in [7, 11) is 2.78. The van der Waals surface area contributed by atoms with Gasteiger partial charge in [0, 0.05) is 23.0 Å². The number of amides is 1. The van der Waals surface area contributed by atoms with E-state index in [4.69, 9.17) is 21.1 Å². The van der Waals surface area contributed by atoms with Gasteiger partial charge in [0.05, 0.1) is 30.5 Å². The fourth-order valence-electron chi connectivity index (χ4n) is 2.82. The Morgan fingerprint density at radius 3 is 2.40 bits per heavy atom. The van der Waals surface area contributed by atoms with Gasteiger partial charge >= 0.3 is 6.18 Å². The van der Waals surface area contributed by atoms with Crippen molar-refractivity contribution in [1.29, 1.82) is 0 Å². The highest BCUT2D eigenvalue weighted by Gasteiger charge is 2.35. The molecule has 1 amide bonds. The van der Waals surface area contributed by atoms with E-state index in [2.05, 4.69) is 10.3 Å². The van der Waals surface area contributed by atoms with E-state index in [9.17, 15) is 18.0 Å². The first kappa shape index (κ1) is 21.4. The molecule has 0 unspecified atom stereocenters. The second-order valence-corrected chi connectivity index (χ2v) is 6.52. The maximum atomic E-state index is 13.3. The van der Waals surface area contributed by atoms with Crippen molar-refractivity contribution >= 4 is 23.2 Å².